The topological polar surface area (TPSA) is 71.0 Å². The Kier molecular flexibility index (Phi) is 3.67. The van der Waals surface area contributed by atoms with Gasteiger partial charge in [0.25, 0.3) is 0 Å². The van der Waals surface area contributed by atoms with E-state index in [9.17, 15) is 4.79 Å². The summed E-state index contributed by atoms with van der Waals surface area (Å²) >= 11 is 0. The van der Waals surface area contributed by atoms with Crippen molar-refractivity contribution in [2.24, 2.45) is 0 Å². The molecule has 4 rings (SSSR count). The second-order valence-corrected chi connectivity index (χ2v) is 6.79. The van der Waals surface area contributed by atoms with Gasteiger partial charge >= 0.3 is 0 Å². The number of nitrogens with one attached hydrogen (secondary N) is 1. The van der Waals surface area contributed by atoms with Crippen molar-refractivity contribution in [2.75, 3.05) is 18.0 Å². The first-order chi connectivity index (χ1) is 11.7. The second-order valence-electron chi connectivity index (χ2n) is 6.79. The van der Waals surface area contributed by atoms with Crippen molar-refractivity contribution in [3.63, 3.8) is 0 Å². The Balaban J connectivity index is 1.54. The molecule has 1 unspecified atom stereocenters. The van der Waals surface area contributed by atoms with E-state index in [1.54, 1.807) is 6.20 Å². The first-order valence-corrected chi connectivity index (χ1v) is 8.41. The van der Waals surface area contributed by atoms with E-state index in [2.05, 4.69) is 31.2 Å². The van der Waals surface area contributed by atoms with Crippen LogP contribution in [0.2, 0.25) is 0 Å². The van der Waals surface area contributed by atoms with Gasteiger partial charge in [0.2, 0.25) is 11.9 Å². The largest absolute Gasteiger partial charge is 0.350 e. The molecule has 2 aliphatic rings. The highest BCUT2D eigenvalue weighted by Crippen LogP contribution is 2.43. The molecule has 2 aromatic rings. The summed E-state index contributed by atoms with van der Waals surface area (Å²) in [5, 5.41) is 3.26. The lowest BCUT2D eigenvalue weighted by Crippen LogP contribution is -2.53. The van der Waals surface area contributed by atoms with E-state index in [1.165, 1.54) is 0 Å². The zero-order valence-electron chi connectivity index (χ0n) is 13.8. The molecule has 2 saturated heterocycles. The normalized spacial score (nSPS) is 22.6. The van der Waals surface area contributed by atoms with Crippen LogP contribution in [0.3, 0.4) is 0 Å². The van der Waals surface area contributed by atoms with Gasteiger partial charge in [-0.1, -0.05) is 6.07 Å². The summed E-state index contributed by atoms with van der Waals surface area (Å²) in [5.74, 6) is 1.11. The number of anilines is 1. The summed E-state index contributed by atoms with van der Waals surface area (Å²) in [7, 11) is 0. The maximum absolute atomic E-state index is 12.1. The Morgan fingerprint density at radius 3 is 2.62 bits per heavy atom. The van der Waals surface area contributed by atoms with Crippen LogP contribution in [0.4, 0.5) is 5.95 Å². The molecule has 6 heteroatoms. The average Bonchev–Trinajstić information content (AvgIpc) is 2.93. The summed E-state index contributed by atoms with van der Waals surface area (Å²) in [4.78, 5) is 27.4. The molecule has 0 bridgehead atoms. The first-order valence-electron chi connectivity index (χ1n) is 8.41. The number of piperidine rings is 1. The zero-order valence-corrected chi connectivity index (χ0v) is 13.8. The number of aromatic nitrogens is 3. The number of carbonyl (C=O) groups excluding carboxylic acids is 1. The Morgan fingerprint density at radius 2 is 1.96 bits per heavy atom. The number of hydrogen-bond donors (Lipinski definition) is 1. The van der Waals surface area contributed by atoms with E-state index in [0.717, 1.165) is 43.0 Å². The molecule has 2 fully saturated rings. The second kappa shape index (κ2) is 5.85. The van der Waals surface area contributed by atoms with Gasteiger partial charge in [0.15, 0.2) is 0 Å². The van der Waals surface area contributed by atoms with Crippen LogP contribution in [0.25, 0.3) is 0 Å². The highest BCUT2D eigenvalue weighted by atomic mass is 16.2. The van der Waals surface area contributed by atoms with Gasteiger partial charge in [-0.3, -0.25) is 9.78 Å². The van der Waals surface area contributed by atoms with Gasteiger partial charge in [0.05, 0.1) is 5.54 Å². The van der Waals surface area contributed by atoms with Gasteiger partial charge in [-0.25, -0.2) is 9.97 Å². The van der Waals surface area contributed by atoms with Gasteiger partial charge < -0.3 is 10.2 Å². The Hall–Kier alpha value is -2.50. The molecule has 24 heavy (non-hydrogen) atoms. The quantitative estimate of drug-likeness (QED) is 0.913. The highest BCUT2D eigenvalue weighted by Gasteiger charge is 2.48. The average molecular weight is 323 g/mol. The fourth-order valence-corrected chi connectivity index (χ4v) is 3.94. The van der Waals surface area contributed by atoms with Gasteiger partial charge in [0.1, 0.15) is 0 Å². The highest BCUT2D eigenvalue weighted by molar-refractivity contribution is 5.81. The van der Waals surface area contributed by atoms with Crippen LogP contribution in [-0.2, 0) is 4.79 Å². The number of rotatable bonds is 2. The molecule has 1 N–H and O–H groups in total. The number of carbonyl (C=O) groups is 1. The van der Waals surface area contributed by atoms with E-state index in [-0.39, 0.29) is 17.4 Å². The molecule has 0 aliphatic carbocycles. The Morgan fingerprint density at radius 1 is 1.21 bits per heavy atom. The Labute approximate surface area is 141 Å². The molecule has 0 radical (unpaired) electrons. The van der Waals surface area contributed by atoms with Crippen LogP contribution >= 0.6 is 0 Å². The molecule has 0 saturated carbocycles. The minimum Gasteiger partial charge on any atom is -0.350 e. The lowest BCUT2D eigenvalue weighted by molar-refractivity contribution is -0.119. The van der Waals surface area contributed by atoms with Crippen molar-refractivity contribution in [1.82, 2.24) is 20.3 Å². The van der Waals surface area contributed by atoms with E-state index >= 15 is 0 Å². The summed E-state index contributed by atoms with van der Waals surface area (Å²) in [6, 6.07) is 4.02. The van der Waals surface area contributed by atoms with E-state index < -0.39 is 0 Å². The lowest BCUT2D eigenvalue weighted by atomic mass is 9.75. The van der Waals surface area contributed by atoms with Crippen LogP contribution < -0.4 is 10.2 Å². The van der Waals surface area contributed by atoms with E-state index in [4.69, 9.17) is 0 Å². The molecule has 2 aromatic heterocycles. The predicted molar refractivity (Wildman–Crippen MR) is 90.7 cm³/mol. The first kappa shape index (κ1) is 15.1. The van der Waals surface area contributed by atoms with Crippen molar-refractivity contribution >= 4 is 11.9 Å². The smallest absolute Gasteiger partial charge is 0.225 e. The van der Waals surface area contributed by atoms with Crippen LogP contribution in [0.5, 0.6) is 0 Å². The van der Waals surface area contributed by atoms with Crippen molar-refractivity contribution in [3.05, 3.63) is 48.0 Å². The number of nitrogens with zero attached hydrogens (tertiary/aromatic N) is 4. The van der Waals surface area contributed by atoms with Gasteiger partial charge in [-0.15, -0.1) is 0 Å². The monoisotopic (exact) mass is 323 g/mol. The Bertz CT molecular complexity index is 723. The van der Waals surface area contributed by atoms with Crippen LogP contribution in [0.1, 0.15) is 36.3 Å². The zero-order chi connectivity index (χ0) is 16.6. The molecule has 124 valence electrons. The molecule has 1 amide bonds. The molecule has 6 nitrogen and oxygen atoms in total. The number of hydrogen-bond acceptors (Lipinski definition) is 5. The van der Waals surface area contributed by atoms with Crippen molar-refractivity contribution in [1.29, 1.82) is 0 Å². The maximum Gasteiger partial charge on any atom is 0.225 e. The molecule has 1 atom stereocenters. The van der Waals surface area contributed by atoms with Crippen molar-refractivity contribution in [3.8, 4) is 0 Å². The standard InChI is InChI=1S/C18H21N5O/c1-13-10-20-17(21-11-13)23-7-4-18(5-8-23)15(9-16(24)22-18)14-3-2-6-19-12-14/h2-3,6,10-12,15H,4-5,7-9H2,1H3,(H,22,24). The minimum atomic E-state index is -0.165. The molecular weight excluding hydrogens is 302 g/mol. The lowest BCUT2D eigenvalue weighted by Gasteiger charge is -2.42. The van der Waals surface area contributed by atoms with Gasteiger partial charge in [0, 0.05) is 50.2 Å². The summed E-state index contributed by atoms with van der Waals surface area (Å²) in [6.45, 7) is 3.68. The SMILES string of the molecule is Cc1cnc(N2CCC3(CC2)NC(=O)CC3c2cccnc2)nc1. The van der Waals surface area contributed by atoms with Gasteiger partial charge in [-0.05, 0) is 37.0 Å². The summed E-state index contributed by atoms with van der Waals surface area (Å²) in [5.41, 5.74) is 2.05. The fourth-order valence-electron chi connectivity index (χ4n) is 3.94. The fraction of sp³-hybridized carbons (Fsp3) is 0.444. The third-order valence-electron chi connectivity index (χ3n) is 5.24. The number of pyridine rings is 1. The third-order valence-corrected chi connectivity index (χ3v) is 5.24. The predicted octanol–water partition coefficient (Wildman–Crippen LogP) is 1.82. The van der Waals surface area contributed by atoms with Crippen LogP contribution in [-0.4, -0.2) is 39.5 Å². The summed E-state index contributed by atoms with van der Waals surface area (Å²) < 4.78 is 0. The molecule has 4 heterocycles. The molecule has 0 aromatic carbocycles. The number of amides is 1. The van der Waals surface area contributed by atoms with Crippen molar-refractivity contribution in [2.45, 2.75) is 37.6 Å². The maximum atomic E-state index is 12.1. The van der Waals surface area contributed by atoms with E-state index in [1.807, 2.05) is 31.6 Å². The van der Waals surface area contributed by atoms with Crippen molar-refractivity contribution < 1.29 is 4.79 Å². The number of aryl methyl sites for hydroxylation is 1. The minimum absolute atomic E-state index is 0.142. The molecular formula is C18H21N5O. The van der Waals surface area contributed by atoms with Crippen LogP contribution in [0, 0.1) is 6.92 Å². The van der Waals surface area contributed by atoms with E-state index in [0.29, 0.717) is 6.42 Å². The van der Waals surface area contributed by atoms with Crippen LogP contribution in [0.15, 0.2) is 36.9 Å². The third kappa shape index (κ3) is 2.62. The van der Waals surface area contributed by atoms with Gasteiger partial charge in [-0.2, -0.15) is 0 Å². The molecule has 1 spiro atoms. The summed E-state index contributed by atoms with van der Waals surface area (Å²) in [6.07, 6.45) is 9.71. The molecule has 2 aliphatic heterocycles.